The molecule has 0 spiro atoms. The number of hydrogen-bond donors (Lipinski definition) is 3. The van der Waals surface area contributed by atoms with Crippen molar-refractivity contribution < 1.29 is 14.3 Å². The maximum Gasteiger partial charge on any atom is 0.248 e. The van der Waals surface area contributed by atoms with Crippen molar-refractivity contribution in [2.45, 2.75) is 37.7 Å². The third-order valence-electron chi connectivity index (χ3n) is 6.09. The molecule has 9 heteroatoms. The lowest BCUT2D eigenvalue weighted by Gasteiger charge is -2.26. The number of rotatable bonds is 3. The monoisotopic (exact) mass is 470 g/mol. The molecule has 4 aromatic rings. The Bertz CT molecular complexity index is 1510. The van der Waals surface area contributed by atoms with Gasteiger partial charge in [0.1, 0.15) is 17.2 Å². The summed E-state index contributed by atoms with van der Waals surface area (Å²) in [5, 5.41) is 10.8. The first-order chi connectivity index (χ1) is 16.8. The fourth-order valence-electron chi connectivity index (χ4n) is 4.33. The summed E-state index contributed by atoms with van der Waals surface area (Å²) >= 11 is 0. The Hall–Kier alpha value is -4.29. The highest BCUT2D eigenvalue weighted by molar-refractivity contribution is 5.94. The lowest BCUT2D eigenvalue weighted by Crippen LogP contribution is -2.29. The summed E-state index contributed by atoms with van der Waals surface area (Å²) in [6.07, 6.45) is 4.09. The van der Waals surface area contributed by atoms with Crippen molar-refractivity contribution in [2.75, 3.05) is 5.73 Å². The number of aliphatic hydroxyl groups is 1. The van der Waals surface area contributed by atoms with Crippen molar-refractivity contribution >= 4 is 22.9 Å². The topological polar surface area (TPSA) is 133 Å². The summed E-state index contributed by atoms with van der Waals surface area (Å²) in [5.74, 6) is 5.36. The second-order valence-corrected chi connectivity index (χ2v) is 8.64. The molecule has 2 heterocycles. The summed E-state index contributed by atoms with van der Waals surface area (Å²) in [4.78, 5) is 25.3. The Morgan fingerprint density at radius 3 is 2.57 bits per heavy atom. The van der Waals surface area contributed by atoms with Gasteiger partial charge in [0.2, 0.25) is 11.7 Å². The van der Waals surface area contributed by atoms with Gasteiger partial charge in [-0.3, -0.25) is 9.36 Å². The van der Waals surface area contributed by atoms with Gasteiger partial charge in [-0.05, 0) is 61.9 Å². The lowest BCUT2D eigenvalue weighted by molar-refractivity contribution is 0.0610. The van der Waals surface area contributed by atoms with Crippen LogP contribution in [0.1, 0.15) is 48.3 Å². The average Bonchev–Trinajstić information content (AvgIpc) is 3.24. The molecule has 1 saturated carbocycles. The highest BCUT2D eigenvalue weighted by atomic mass is 19.1. The SMILES string of the molecule is NC(=O)c1cccc(-n2c(-c3cccc(F)c3)nc3c(N)nc(C#CC4(O)CCCCC4)nc32)c1. The predicted molar refractivity (Wildman–Crippen MR) is 130 cm³/mol. The maximum absolute atomic E-state index is 14.1. The Kier molecular flexibility index (Phi) is 5.67. The summed E-state index contributed by atoms with van der Waals surface area (Å²) in [7, 11) is 0. The van der Waals surface area contributed by atoms with E-state index in [-0.39, 0.29) is 17.2 Å². The fraction of sp³-hybridized carbons (Fsp3) is 0.231. The summed E-state index contributed by atoms with van der Waals surface area (Å²) in [5.41, 5.74) is 12.6. The molecule has 0 aliphatic heterocycles. The third kappa shape index (κ3) is 4.44. The first-order valence-corrected chi connectivity index (χ1v) is 11.3. The van der Waals surface area contributed by atoms with E-state index in [0.29, 0.717) is 41.1 Å². The van der Waals surface area contributed by atoms with E-state index in [1.165, 1.54) is 12.1 Å². The van der Waals surface area contributed by atoms with Crippen LogP contribution in [0.15, 0.2) is 48.5 Å². The Morgan fingerprint density at radius 1 is 1.06 bits per heavy atom. The number of nitrogens with zero attached hydrogens (tertiary/aromatic N) is 4. The van der Waals surface area contributed by atoms with E-state index in [4.69, 9.17) is 11.5 Å². The summed E-state index contributed by atoms with van der Waals surface area (Å²) < 4.78 is 15.7. The molecule has 2 aromatic heterocycles. The van der Waals surface area contributed by atoms with Gasteiger partial charge in [0, 0.05) is 16.8 Å². The number of primary amides is 1. The Labute approximate surface area is 200 Å². The van der Waals surface area contributed by atoms with Crippen molar-refractivity contribution in [3.8, 4) is 28.9 Å². The van der Waals surface area contributed by atoms with Gasteiger partial charge in [-0.15, -0.1) is 0 Å². The number of carbonyl (C=O) groups is 1. The van der Waals surface area contributed by atoms with E-state index >= 15 is 0 Å². The van der Waals surface area contributed by atoms with Crippen LogP contribution in [-0.4, -0.2) is 36.1 Å². The van der Waals surface area contributed by atoms with E-state index in [2.05, 4.69) is 26.8 Å². The Balaban J connectivity index is 1.73. The largest absolute Gasteiger partial charge is 0.382 e. The molecular formula is C26H23FN6O2. The van der Waals surface area contributed by atoms with Crippen LogP contribution in [0.3, 0.4) is 0 Å². The molecular weight excluding hydrogens is 447 g/mol. The number of halogens is 1. The molecule has 2 aromatic carbocycles. The Morgan fingerprint density at radius 2 is 1.83 bits per heavy atom. The van der Waals surface area contributed by atoms with Crippen molar-refractivity contribution in [3.63, 3.8) is 0 Å². The van der Waals surface area contributed by atoms with Crippen LogP contribution in [0.5, 0.6) is 0 Å². The van der Waals surface area contributed by atoms with Crippen LogP contribution in [0.4, 0.5) is 10.2 Å². The van der Waals surface area contributed by atoms with Crippen molar-refractivity contribution in [2.24, 2.45) is 5.73 Å². The number of aromatic nitrogens is 4. The summed E-state index contributed by atoms with van der Waals surface area (Å²) in [6.45, 7) is 0. The van der Waals surface area contributed by atoms with Gasteiger partial charge >= 0.3 is 0 Å². The molecule has 0 atom stereocenters. The quantitative estimate of drug-likeness (QED) is 0.393. The number of nitrogen functional groups attached to an aromatic ring is 1. The van der Waals surface area contributed by atoms with Crippen LogP contribution in [0.2, 0.25) is 0 Å². The zero-order chi connectivity index (χ0) is 24.6. The van der Waals surface area contributed by atoms with Crippen molar-refractivity contribution in [1.82, 2.24) is 19.5 Å². The highest BCUT2D eigenvalue weighted by Gasteiger charge is 2.27. The second-order valence-electron chi connectivity index (χ2n) is 8.64. The number of carbonyl (C=O) groups excluding carboxylic acids is 1. The van der Waals surface area contributed by atoms with Gasteiger partial charge < -0.3 is 16.6 Å². The molecule has 8 nitrogen and oxygen atoms in total. The number of nitrogens with two attached hydrogens (primary N) is 2. The van der Waals surface area contributed by atoms with Crippen LogP contribution in [0.25, 0.3) is 28.2 Å². The molecule has 0 unspecified atom stereocenters. The van der Waals surface area contributed by atoms with Gasteiger partial charge in [-0.1, -0.05) is 30.5 Å². The molecule has 1 aliphatic rings. The third-order valence-corrected chi connectivity index (χ3v) is 6.09. The van der Waals surface area contributed by atoms with E-state index in [1.54, 1.807) is 41.0 Å². The van der Waals surface area contributed by atoms with Gasteiger partial charge in [0.15, 0.2) is 17.0 Å². The van der Waals surface area contributed by atoms with Crippen LogP contribution >= 0.6 is 0 Å². The predicted octanol–water partition coefficient (Wildman–Crippen LogP) is 3.35. The zero-order valence-corrected chi connectivity index (χ0v) is 18.8. The van der Waals surface area contributed by atoms with E-state index in [9.17, 15) is 14.3 Å². The lowest BCUT2D eigenvalue weighted by atomic mass is 9.85. The zero-order valence-electron chi connectivity index (χ0n) is 18.8. The normalized spacial score (nSPS) is 14.9. The van der Waals surface area contributed by atoms with Crippen molar-refractivity contribution in [1.29, 1.82) is 0 Å². The van der Waals surface area contributed by atoms with Crippen LogP contribution in [-0.2, 0) is 0 Å². The maximum atomic E-state index is 14.1. The number of fused-ring (bicyclic) bond motifs is 1. The second kappa shape index (κ2) is 8.81. The molecule has 0 radical (unpaired) electrons. The number of hydrogen-bond acceptors (Lipinski definition) is 6. The minimum absolute atomic E-state index is 0.0948. The molecule has 5 rings (SSSR count). The number of imidazole rings is 1. The van der Waals surface area contributed by atoms with Gasteiger partial charge in [-0.2, -0.15) is 0 Å². The fourth-order valence-corrected chi connectivity index (χ4v) is 4.33. The minimum Gasteiger partial charge on any atom is -0.382 e. The highest BCUT2D eigenvalue weighted by Crippen LogP contribution is 2.31. The first-order valence-electron chi connectivity index (χ1n) is 11.3. The average molecular weight is 471 g/mol. The molecule has 35 heavy (non-hydrogen) atoms. The molecule has 176 valence electrons. The summed E-state index contributed by atoms with van der Waals surface area (Å²) in [6, 6.07) is 12.6. The molecule has 1 fully saturated rings. The van der Waals surface area contributed by atoms with Crippen LogP contribution in [0, 0.1) is 17.7 Å². The van der Waals surface area contributed by atoms with Gasteiger partial charge in [-0.25, -0.2) is 19.3 Å². The molecule has 1 aliphatic carbocycles. The number of anilines is 1. The minimum atomic E-state index is -1.08. The van der Waals surface area contributed by atoms with E-state index in [1.807, 2.05) is 0 Å². The van der Waals surface area contributed by atoms with Gasteiger partial charge in [0.05, 0.1) is 0 Å². The molecule has 0 bridgehead atoms. The molecule has 1 amide bonds. The van der Waals surface area contributed by atoms with Crippen LogP contribution < -0.4 is 11.5 Å². The number of benzene rings is 2. The smallest absolute Gasteiger partial charge is 0.248 e. The van der Waals surface area contributed by atoms with Crippen molar-refractivity contribution in [3.05, 3.63) is 65.7 Å². The van der Waals surface area contributed by atoms with E-state index in [0.717, 1.165) is 19.3 Å². The first kappa shape index (κ1) is 22.5. The van der Waals surface area contributed by atoms with E-state index < -0.39 is 17.3 Å². The molecule has 5 N–H and O–H groups in total. The molecule has 0 saturated heterocycles. The standard InChI is InChI=1S/C26H23FN6O2/c27-18-8-4-7-17(14-18)24-32-21-22(28)30-20(10-13-26(35)11-2-1-3-12-26)31-25(21)33(24)19-9-5-6-16(15-19)23(29)34/h4-9,14-15,35H,1-3,11-12H2,(H2,29,34)(H2,28,30,31). The van der Waals surface area contributed by atoms with Gasteiger partial charge in [0.25, 0.3) is 0 Å². The number of amides is 1.